The van der Waals surface area contributed by atoms with E-state index in [1.807, 2.05) is 170 Å². The zero-order chi connectivity index (χ0) is 59.0. The van der Waals surface area contributed by atoms with E-state index in [4.69, 9.17) is 0 Å². The Morgan fingerprint density at radius 2 is 0.506 bits per heavy atom. The summed E-state index contributed by atoms with van der Waals surface area (Å²) in [6.07, 6.45) is 16.4. The Labute approximate surface area is 523 Å². The van der Waals surface area contributed by atoms with E-state index < -0.39 is 36.6 Å². The third-order valence-corrected chi connectivity index (χ3v) is 11.5. The van der Waals surface area contributed by atoms with Crippen molar-refractivity contribution in [3.8, 4) is 45.0 Å². The number of hydrogen-bond donors (Lipinski definition) is 0. The minimum absolute atomic E-state index is 0. The van der Waals surface area contributed by atoms with Crippen molar-refractivity contribution in [2.75, 3.05) is 0 Å². The van der Waals surface area contributed by atoms with Crippen LogP contribution in [0.4, 0.5) is 0 Å². The van der Waals surface area contributed by atoms with Crippen molar-refractivity contribution in [2.24, 2.45) is 0 Å². The van der Waals surface area contributed by atoms with Gasteiger partial charge in [0.1, 0.15) is 0 Å². The standard InChI is InChI=1S/4C11H9N.3C9H16O2.2Ir/c4*1-2-6-10(7-3-1)11-8-4-5-9-12-11;3*1-3-4-5-6-9(11)7-8(2)10;;/h4*1-9H;3*3,8-9H,1,4-7H2,2H3;;/q;;;;3*-2;2*+3. The first kappa shape index (κ1) is 76.8. The first-order valence-corrected chi connectivity index (χ1v) is 28.0. The maximum atomic E-state index is 11.0. The third-order valence-electron chi connectivity index (χ3n) is 11.5. The van der Waals surface area contributed by atoms with Gasteiger partial charge in [-0.25, -0.2) is 0 Å². The second kappa shape index (κ2) is 51.4. The average molecular weight is 1470 g/mol. The van der Waals surface area contributed by atoms with Crippen LogP contribution in [0.3, 0.4) is 0 Å². The molecule has 0 bridgehead atoms. The van der Waals surface area contributed by atoms with Gasteiger partial charge in [-0.15, -0.1) is 56.4 Å². The van der Waals surface area contributed by atoms with Crippen LogP contribution in [0.2, 0.25) is 0 Å². The third kappa shape index (κ3) is 40.6. The summed E-state index contributed by atoms with van der Waals surface area (Å²) in [6, 6.07) is 64.3. The fraction of sp³-hybridized carbons (Fsp3) is 0.296. The van der Waals surface area contributed by atoms with Crippen molar-refractivity contribution in [1.82, 2.24) is 19.9 Å². The molecule has 0 aliphatic rings. The maximum Gasteiger partial charge on any atom is 3.00 e. The molecule has 0 spiro atoms. The van der Waals surface area contributed by atoms with E-state index in [2.05, 4.69) is 88.2 Å². The molecule has 0 aliphatic heterocycles. The van der Waals surface area contributed by atoms with Crippen LogP contribution in [0.5, 0.6) is 0 Å². The smallest absolute Gasteiger partial charge is 0.852 e. The molecule has 0 fully saturated rings. The van der Waals surface area contributed by atoms with Gasteiger partial charge in [0.05, 0.1) is 22.8 Å². The summed E-state index contributed by atoms with van der Waals surface area (Å²) in [6.45, 7) is 15.3. The molecule has 4 heterocycles. The van der Waals surface area contributed by atoms with Crippen LogP contribution in [0.1, 0.15) is 97.8 Å². The molecular weight excluding hydrogens is 1390 g/mol. The number of rotatable bonds is 22. The molecule has 0 N–H and O–H groups in total. The Bertz CT molecular complexity index is 2170. The first-order valence-electron chi connectivity index (χ1n) is 28.0. The summed E-state index contributed by atoms with van der Waals surface area (Å²) in [5.74, 6) is 0. The predicted octanol–water partition coefficient (Wildman–Crippen LogP) is 11.6. The van der Waals surface area contributed by atoms with Crippen LogP contribution in [-0.2, 0) is 40.2 Å². The number of pyridine rings is 4. The Kier molecular flexibility index (Phi) is 47.5. The van der Waals surface area contributed by atoms with Crippen molar-refractivity contribution in [3.05, 3.63) is 257 Å². The summed E-state index contributed by atoms with van der Waals surface area (Å²) in [5.41, 5.74) is 8.76. The molecular formula is C71H84Ir2N4O6. The van der Waals surface area contributed by atoms with Gasteiger partial charge in [0, 0.05) is 47.0 Å². The molecule has 0 amide bonds. The van der Waals surface area contributed by atoms with Crippen molar-refractivity contribution >= 4 is 0 Å². The van der Waals surface area contributed by atoms with Crippen LogP contribution >= 0.6 is 0 Å². The molecule has 10 nitrogen and oxygen atoms in total. The number of benzene rings is 4. The number of aromatic nitrogens is 4. The van der Waals surface area contributed by atoms with Gasteiger partial charge in [-0.1, -0.05) is 242 Å². The summed E-state index contributed by atoms with van der Waals surface area (Å²) in [7, 11) is 0. The van der Waals surface area contributed by atoms with Crippen molar-refractivity contribution < 1.29 is 70.8 Å². The molecule has 6 unspecified atom stereocenters. The van der Waals surface area contributed by atoms with Crippen LogP contribution in [0.25, 0.3) is 45.0 Å². The monoisotopic (exact) mass is 1470 g/mol. The maximum absolute atomic E-state index is 11.0. The van der Waals surface area contributed by atoms with Crippen LogP contribution in [0.15, 0.2) is 257 Å². The van der Waals surface area contributed by atoms with Crippen LogP contribution in [-0.4, -0.2) is 56.6 Å². The van der Waals surface area contributed by atoms with E-state index in [-0.39, 0.29) is 59.5 Å². The summed E-state index contributed by atoms with van der Waals surface area (Å²) in [5, 5.41) is 64.6. The fourth-order valence-electron chi connectivity index (χ4n) is 7.50. The van der Waals surface area contributed by atoms with E-state index in [0.29, 0.717) is 19.3 Å². The van der Waals surface area contributed by atoms with E-state index in [1.54, 1.807) is 39.0 Å². The Morgan fingerprint density at radius 1 is 0.313 bits per heavy atom. The molecule has 0 saturated heterocycles. The van der Waals surface area contributed by atoms with E-state index in [1.165, 1.54) is 0 Å². The van der Waals surface area contributed by atoms with Gasteiger partial charge < -0.3 is 30.6 Å². The summed E-state index contributed by atoms with van der Waals surface area (Å²) in [4.78, 5) is 17.0. The van der Waals surface area contributed by atoms with Crippen molar-refractivity contribution in [2.45, 2.75) is 134 Å². The SMILES string of the molecule is C=CCCCC([O-])CC(C)[O-].C=CCCCC([O-])CC(C)[O-].C=CCCCC([O-])CC(C)[O-].[Ir+3].[Ir+3].c1ccc(-c2ccccn2)cc1.c1ccc(-c2ccccn2)cc1.c1ccc(-c2ccccn2)cc1.c1ccc(-c2ccccn2)cc1. The number of hydrogen-bond acceptors (Lipinski definition) is 10. The van der Waals surface area contributed by atoms with Crippen LogP contribution < -0.4 is 30.6 Å². The van der Waals surface area contributed by atoms with Gasteiger partial charge >= 0.3 is 40.2 Å². The molecule has 0 saturated carbocycles. The van der Waals surface area contributed by atoms with Gasteiger partial charge in [-0.05, 0) is 67.8 Å². The molecule has 4 aromatic heterocycles. The zero-order valence-electron chi connectivity index (χ0n) is 48.5. The predicted molar refractivity (Wildman–Crippen MR) is 324 cm³/mol. The molecule has 0 aliphatic carbocycles. The van der Waals surface area contributed by atoms with Crippen molar-refractivity contribution in [1.29, 1.82) is 0 Å². The van der Waals surface area contributed by atoms with E-state index in [9.17, 15) is 30.6 Å². The minimum atomic E-state index is -0.707. The molecule has 8 rings (SSSR count). The minimum Gasteiger partial charge on any atom is -0.852 e. The summed E-state index contributed by atoms with van der Waals surface area (Å²) >= 11 is 0. The van der Waals surface area contributed by atoms with E-state index in [0.717, 1.165) is 83.6 Å². The van der Waals surface area contributed by atoms with Gasteiger partial charge in [0.25, 0.3) is 0 Å². The Hall–Kier alpha value is -6.24. The second-order valence-corrected chi connectivity index (χ2v) is 19.0. The van der Waals surface area contributed by atoms with Gasteiger partial charge in [0.15, 0.2) is 0 Å². The Morgan fingerprint density at radius 3 is 0.663 bits per heavy atom. The first-order chi connectivity index (χ1) is 39.4. The summed E-state index contributed by atoms with van der Waals surface area (Å²) < 4.78 is 0. The normalized spacial score (nSPS) is 11.9. The molecule has 0 radical (unpaired) electrons. The molecule has 12 heteroatoms. The fourth-order valence-corrected chi connectivity index (χ4v) is 7.50. The molecule has 4 aromatic carbocycles. The molecule has 442 valence electrons. The average Bonchev–Trinajstić information content (AvgIpc) is 3.51. The van der Waals surface area contributed by atoms with Gasteiger partial charge in [-0.3, -0.25) is 19.9 Å². The van der Waals surface area contributed by atoms with E-state index >= 15 is 0 Å². The van der Waals surface area contributed by atoms with Crippen LogP contribution in [0, 0.1) is 0 Å². The molecule has 83 heavy (non-hydrogen) atoms. The Balaban J connectivity index is 0.000000942. The zero-order valence-corrected chi connectivity index (χ0v) is 53.3. The van der Waals surface area contributed by atoms with Crippen molar-refractivity contribution in [3.63, 3.8) is 0 Å². The number of nitrogens with zero attached hydrogens (tertiary/aromatic N) is 4. The molecule has 8 aromatic rings. The number of allylic oxidation sites excluding steroid dienone is 3. The quantitative estimate of drug-likeness (QED) is 0.0466. The second-order valence-electron chi connectivity index (χ2n) is 19.0. The van der Waals surface area contributed by atoms with Gasteiger partial charge in [-0.2, -0.15) is 0 Å². The van der Waals surface area contributed by atoms with Gasteiger partial charge in [0.2, 0.25) is 0 Å². The molecule has 6 atom stereocenters. The topological polar surface area (TPSA) is 190 Å². The number of unbranched alkanes of at least 4 members (excludes halogenated alkanes) is 3. The largest absolute Gasteiger partial charge is 3.00 e.